The van der Waals surface area contributed by atoms with E-state index in [0.29, 0.717) is 17.9 Å². The molecule has 178 valence electrons. The van der Waals surface area contributed by atoms with E-state index >= 15 is 0 Å². The Balaban J connectivity index is 1.35. The molecule has 0 bridgehead atoms. The zero-order chi connectivity index (χ0) is 22.5. The van der Waals surface area contributed by atoms with Crippen molar-refractivity contribution in [1.82, 2.24) is 20.3 Å². The molecule has 4 N–H and O–H groups in total. The summed E-state index contributed by atoms with van der Waals surface area (Å²) in [6, 6.07) is 4.43. The lowest BCUT2D eigenvalue weighted by atomic mass is 9.90. The van der Waals surface area contributed by atoms with E-state index in [4.69, 9.17) is 9.97 Å². The quantitative estimate of drug-likeness (QED) is 0.527. The predicted octanol–water partition coefficient (Wildman–Crippen LogP) is 3.79. The maximum absolute atomic E-state index is 9.90. The van der Waals surface area contributed by atoms with Gasteiger partial charge in [-0.2, -0.15) is 4.98 Å². The van der Waals surface area contributed by atoms with Crippen LogP contribution >= 0.6 is 0 Å². The number of nitrogens with zero attached hydrogens (tertiary/aromatic N) is 4. The Kier molecular flexibility index (Phi) is 7.21. The van der Waals surface area contributed by atoms with Crippen LogP contribution in [0.3, 0.4) is 0 Å². The maximum atomic E-state index is 9.90. The van der Waals surface area contributed by atoms with Crippen LogP contribution in [-0.2, 0) is 0 Å². The largest absolute Gasteiger partial charge is 0.393 e. The van der Waals surface area contributed by atoms with Crippen molar-refractivity contribution in [3.63, 3.8) is 0 Å². The number of aliphatic hydroxyl groups is 1. The highest BCUT2D eigenvalue weighted by molar-refractivity contribution is 5.60. The first-order chi connectivity index (χ1) is 16.2. The van der Waals surface area contributed by atoms with Crippen LogP contribution in [-0.4, -0.2) is 58.4 Å². The zero-order valence-corrected chi connectivity index (χ0v) is 19.5. The van der Waals surface area contributed by atoms with Gasteiger partial charge in [-0.1, -0.05) is 0 Å². The van der Waals surface area contributed by atoms with Gasteiger partial charge in [0.1, 0.15) is 11.6 Å². The monoisotopic (exact) mass is 451 g/mol. The molecule has 0 atom stereocenters. The Bertz CT molecular complexity index is 903. The molecule has 8 nitrogen and oxygen atoms in total. The summed E-state index contributed by atoms with van der Waals surface area (Å²) < 4.78 is 0. The average Bonchev–Trinajstić information content (AvgIpc) is 2.87. The summed E-state index contributed by atoms with van der Waals surface area (Å²) in [5.41, 5.74) is 2.18. The highest BCUT2D eigenvalue weighted by Gasteiger charge is 2.24. The molecule has 0 aromatic carbocycles. The van der Waals surface area contributed by atoms with Gasteiger partial charge in [0.25, 0.3) is 0 Å². The molecule has 0 spiro atoms. The number of piperidine rings is 2. The smallest absolute Gasteiger partial charge is 0.229 e. The van der Waals surface area contributed by atoms with Crippen molar-refractivity contribution in [3.8, 4) is 0 Å². The number of pyridine rings is 1. The van der Waals surface area contributed by atoms with E-state index in [1.807, 2.05) is 18.5 Å². The number of rotatable bonds is 6. The summed E-state index contributed by atoms with van der Waals surface area (Å²) in [5, 5.41) is 20.5. The lowest BCUT2D eigenvalue weighted by Crippen LogP contribution is -2.31. The highest BCUT2D eigenvalue weighted by atomic mass is 16.3. The molecule has 2 aliphatic heterocycles. The van der Waals surface area contributed by atoms with Crippen LogP contribution in [0, 0.1) is 0 Å². The molecule has 4 heterocycles. The van der Waals surface area contributed by atoms with Gasteiger partial charge >= 0.3 is 0 Å². The van der Waals surface area contributed by atoms with Gasteiger partial charge in [0.05, 0.1) is 6.10 Å². The van der Waals surface area contributed by atoms with Crippen LogP contribution in [0.15, 0.2) is 24.5 Å². The lowest BCUT2D eigenvalue weighted by molar-refractivity contribution is 0.126. The molecule has 3 fully saturated rings. The first kappa shape index (κ1) is 22.3. The van der Waals surface area contributed by atoms with Crippen LogP contribution < -0.4 is 20.9 Å². The van der Waals surface area contributed by atoms with E-state index < -0.39 is 0 Å². The van der Waals surface area contributed by atoms with E-state index in [1.165, 1.54) is 24.8 Å². The number of hydrogen-bond acceptors (Lipinski definition) is 8. The lowest BCUT2D eigenvalue weighted by Gasteiger charge is -2.30. The molecule has 2 aromatic rings. The standard InChI is InChI=1S/C25H37N7O/c33-21-6-4-19(5-7-21)29-24-22(18-8-11-26-12-9-18)17-28-25(31-24)30-20-10-13-27-23(16-20)32-14-2-1-3-15-32/h10,13,16-19,21,26,33H,1-9,11-12,14-15H2,(H2,27,28,29,30,31). The number of nitrogens with one attached hydrogen (secondary N) is 3. The fourth-order valence-electron chi connectivity index (χ4n) is 5.33. The molecule has 0 radical (unpaired) electrons. The van der Waals surface area contributed by atoms with Gasteiger partial charge in [-0.05, 0) is 82.9 Å². The van der Waals surface area contributed by atoms with Gasteiger partial charge in [0, 0.05) is 48.8 Å². The molecular formula is C25H37N7O. The third-order valence-electron chi connectivity index (χ3n) is 7.32. The SMILES string of the molecule is OC1CCC(Nc2nc(Nc3ccnc(N4CCCCC4)c3)ncc2C2CCNCC2)CC1. The number of hydrogen-bond donors (Lipinski definition) is 4. The minimum atomic E-state index is -0.157. The Morgan fingerprint density at radius 1 is 0.970 bits per heavy atom. The van der Waals surface area contributed by atoms with Crippen molar-refractivity contribution in [2.24, 2.45) is 0 Å². The number of anilines is 4. The molecule has 8 heteroatoms. The zero-order valence-electron chi connectivity index (χ0n) is 19.5. The van der Waals surface area contributed by atoms with E-state index in [2.05, 4.69) is 31.9 Å². The van der Waals surface area contributed by atoms with E-state index in [-0.39, 0.29) is 6.10 Å². The molecule has 33 heavy (non-hydrogen) atoms. The van der Waals surface area contributed by atoms with Gasteiger partial charge in [0.2, 0.25) is 5.95 Å². The molecule has 1 saturated carbocycles. The van der Waals surface area contributed by atoms with Gasteiger partial charge < -0.3 is 26.0 Å². The molecule has 1 aliphatic carbocycles. The van der Waals surface area contributed by atoms with Gasteiger partial charge in [-0.3, -0.25) is 0 Å². The van der Waals surface area contributed by atoms with Crippen molar-refractivity contribution in [3.05, 3.63) is 30.1 Å². The summed E-state index contributed by atoms with van der Waals surface area (Å²) in [4.78, 5) is 16.6. The fraction of sp³-hybridized carbons (Fsp3) is 0.640. The number of aromatic nitrogens is 3. The summed E-state index contributed by atoms with van der Waals surface area (Å²) >= 11 is 0. The molecule has 5 rings (SSSR count). The van der Waals surface area contributed by atoms with Crippen molar-refractivity contribution in [1.29, 1.82) is 0 Å². The molecule has 2 aromatic heterocycles. The van der Waals surface area contributed by atoms with Crippen LogP contribution in [0.2, 0.25) is 0 Å². The van der Waals surface area contributed by atoms with Crippen LogP contribution in [0.5, 0.6) is 0 Å². The average molecular weight is 452 g/mol. The minimum absolute atomic E-state index is 0.157. The molecule has 0 amide bonds. The predicted molar refractivity (Wildman–Crippen MR) is 132 cm³/mol. The van der Waals surface area contributed by atoms with Crippen LogP contribution in [0.25, 0.3) is 0 Å². The molecule has 0 unspecified atom stereocenters. The summed E-state index contributed by atoms with van der Waals surface area (Å²) in [6.45, 7) is 4.22. The van der Waals surface area contributed by atoms with Gasteiger partial charge in [-0.15, -0.1) is 0 Å². The first-order valence-electron chi connectivity index (χ1n) is 12.7. The Morgan fingerprint density at radius 3 is 2.55 bits per heavy atom. The van der Waals surface area contributed by atoms with Gasteiger partial charge in [0.15, 0.2) is 0 Å². The van der Waals surface area contributed by atoms with Crippen molar-refractivity contribution in [2.75, 3.05) is 41.7 Å². The van der Waals surface area contributed by atoms with E-state index in [1.54, 1.807) is 0 Å². The Labute approximate surface area is 196 Å². The highest BCUT2D eigenvalue weighted by Crippen LogP contribution is 2.33. The van der Waals surface area contributed by atoms with Gasteiger partial charge in [-0.25, -0.2) is 9.97 Å². The van der Waals surface area contributed by atoms with Crippen LogP contribution in [0.1, 0.15) is 69.3 Å². The second-order valence-electron chi connectivity index (χ2n) is 9.75. The topological polar surface area (TPSA) is 98.2 Å². The van der Waals surface area contributed by atoms with E-state index in [9.17, 15) is 5.11 Å². The third-order valence-corrected chi connectivity index (χ3v) is 7.32. The number of aliphatic hydroxyl groups excluding tert-OH is 1. The van der Waals surface area contributed by atoms with Crippen LogP contribution in [0.4, 0.5) is 23.3 Å². The van der Waals surface area contributed by atoms with Crippen molar-refractivity contribution in [2.45, 2.75) is 75.9 Å². The second-order valence-corrected chi connectivity index (χ2v) is 9.75. The first-order valence-corrected chi connectivity index (χ1v) is 12.7. The van der Waals surface area contributed by atoms with E-state index in [0.717, 1.165) is 82.0 Å². The second kappa shape index (κ2) is 10.7. The Hall–Kier alpha value is -2.45. The third kappa shape index (κ3) is 5.73. The molecular weight excluding hydrogens is 414 g/mol. The summed E-state index contributed by atoms with van der Waals surface area (Å²) in [5.74, 6) is 3.06. The van der Waals surface area contributed by atoms with Crippen molar-refractivity contribution >= 4 is 23.3 Å². The Morgan fingerprint density at radius 2 is 1.76 bits per heavy atom. The molecule has 2 saturated heterocycles. The van der Waals surface area contributed by atoms with Crippen molar-refractivity contribution < 1.29 is 5.11 Å². The maximum Gasteiger partial charge on any atom is 0.229 e. The normalized spacial score (nSPS) is 24.5. The summed E-state index contributed by atoms with van der Waals surface area (Å²) in [6.07, 6.45) is 13.4. The fourth-order valence-corrected chi connectivity index (χ4v) is 5.33. The minimum Gasteiger partial charge on any atom is -0.393 e. The molecule has 3 aliphatic rings. The summed E-state index contributed by atoms with van der Waals surface area (Å²) in [7, 11) is 0.